The van der Waals surface area contributed by atoms with Crippen molar-refractivity contribution in [2.75, 3.05) is 13.1 Å². The Hall–Kier alpha value is -1.36. The molecule has 0 spiro atoms. The number of amides is 1. The van der Waals surface area contributed by atoms with Gasteiger partial charge in [-0.2, -0.15) is 5.10 Å². The van der Waals surface area contributed by atoms with Crippen LogP contribution in [0.3, 0.4) is 0 Å². The maximum Gasteiger partial charge on any atom is 0.223 e. The van der Waals surface area contributed by atoms with Gasteiger partial charge in [0.15, 0.2) is 0 Å². The number of carbonyl (C=O) groups is 1. The molecule has 5 nitrogen and oxygen atoms in total. The number of hydrogen-bond donors (Lipinski definition) is 3. The first kappa shape index (κ1) is 11.1. The Kier molecular flexibility index (Phi) is 3.24. The molecular weight excluding hydrogens is 204 g/mol. The number of aromatic amines is 1. The summed E-state index contributed by atoms with van der Waals surface area (Å²) in [4.78, 5) is 11.8. The molecule has 1 amide bonds. The van der Waals surface area contributed by atoms with Crippen molar-refractivity contribution in [2.24, 2.45) is 11.8 Å². The third-order valence-corrected chi connectivity index (χ3v) is 3.32. The van der Waals surface area contributed by atoms with Gasteiger partial charge in [0.1, 0.15) is 0 Å². The monoisotopic (exact) mass is 222 g/mol. The molecule has 0 bridgehead atoms. The van der Waals surface area contributed by atoms with Gasteiger partial charge in [0, 0.05) is 23.7 Å². The lowest BCUT2D eigenvalue weighted by molar-refractivity contribution is -0.126. The predicted octanol–water partition coefficient (Wildman–Crippen LogP) is 0.190. The highest BCUT2D eigenvalue weighted by Gasteiger charge is 2.28. The van der Waals surface area contributed by atoms with E-state index in [-0.39, 0.29) is 11.8 Å². The second-order valence-corrected chi connectivity index (χ2v) is 4.45. The normalized spacial score (nSPS) is 17.9. The molecule has 1 atom stereocenters. The van der Waals surface area contributed by atoms with E-state index in [4.69, 9.17) is 0 Å². The summed E-state index contributed by atoms with van der Waals surface area (Å²) in [5.74, 6) is 0.714. The largest absolute Gasteiger partial charge is 0.352 e. The van der Waals surface area contributed by atoms with Crippen LogP contribution in [0.15, 0.2) is 6.20 Å². The fourth-order valence-electron chi connectivity index (χ4n) is 1.78. The van der Waals surface area contributed by atoms with Crippen molar-refractivity contribution >= 4 is 5.91 Å². The topological polar surface area (TPSA) is 69.8 Å². The molecule has 3 N–H and O–H groups in total. The zero-order valence-corrected chi connectivity index (χ0v) is 9.71. The van der Waals surface area contributed by atoms with Gasteiger partial charge >= 0.3 is 0 Å². The molecule has 0 saturated carbocycles. The van der Waals surface area contributed by atoms with Crippen molar-refractivity contribution in [3.8, 4) is 0 Å². The first-order chi connectivity index (χ1) is 7.68. The van der Waals surface area contributed by atoms with Gasteiger partial charge in [-0.1, -0.05) is 6.92 Å². The molecule has 5 heteroatoms. The lowest BCUT2D eigenvalue weighted by atomic mass is 9.88. The molecule has 2 rings (SSSR count). The Bertz CT molecular complexity index is 370. The number of nitrogens with one attached hydrogen (secondary N) is 3. The van der Waals surface area contributed by atoms with Crippen molar-refractivity contribution in [3.63, 3.8) is 0 Å². The van der Waals surface area contributed by atoms with E-state index >= 15 is 0 Å². The quantitative estimate of drug-likeness (QED) is 0.681. The number of aromatic nitrogens is 2. The molecule has 0 aliphatic carbocycles. The van der Waals surface area contributed by atoms with Crippen LogP contribution >= 0.6 is 0 Å². The molecule has 1 fully saturated rings. The van der Waals surface area contributed by atoms with Crippen molar-refractivity contribution in [2.45, 2.75) is 20.4 Å². The van der Waals surface area contributed by atoms with Gasteiger partial charge in [0.2, 0.25) is 5.91 Å². The highest BCUT2D eigenvalue weighted by Crippen LogP contribution is 2.16. The van der Waals surface area contributed by atoms with Crippen LogP contribution in [-0.2, 0) is 11.3 Å². The number of nitrogens with zero attached hydrogens (tertiary/aromatic N) is 1. The molecule has 1 aliphatic heterocycles. The third kappa shape index (κ3) is 2.24. The average Bonchev–Trinajstić information content (AvgIpc) is 2.57. The number of hydrogen-bond acceptors (Lipinski definition) is 3. The Balaban J connectivity index is 1.81. The lowest BCUT2D eigenvalue weighted by Gasteiger charge is -2.31. The minimum atomic E-state index is 0.0912. The molecule has 88 valence electrons. The van der Waals surface area contributed by atoms with Crippen LogP contribution in [0.5, 0.6) is 0 Å². The van der Waals surface area contributed by atoms with Crippen LogP contribution in [0, 0.1) is 18.8 Å². The molecule has 2 heterocycles. The van der Waals surface area contributed by atoms with Crippen LogP contribution in [0.2, 0.25) is 0 Å². The Morgan fingerprint density at radius 1 is 1.69 bits per heavy atom. The van der Waals surface area contributed by atoms with E-state index in [1.165, 1.54) is 0 Å². The zero-order valence-electron chi connectivity index (χ0n) is 9.71. The van der Waals surface area contributed by atoms with E-state index in [2.05, 4.69) is 20.8 Å². The standard InChI is InChI=1S/C11H18N4O/c1-7(9-3-12-4-9)11(16)13-5-10-6-14-15-8(10)2/h6-7,9,12H,3-5H2,1-2H3,(H,13,16)(H,14,15). The fraction of sp³-hybridized carbons (Fsp3) is 0.636. The van der Waals surface area contributed by atoms with E-state index in [9.17, 15) is 4.79 Å². The van der Waals surface area contributed by atoms with Gasteiger partial charge in [-0.05, 0) is 25.9 Å². The first-order valence-corrected chi connectivity index (χ1v) is 5.65. The van der Waals surface area contributed by atoms with E-state index < -0.39 is 0 Å². The van der Waals surface area contributed by atoms with Gasteiger partial charge in [-0.25, -0.2) is 0 Å². The van der Waals surface area contributed by atoms with Gasteiger partial charge in [0.25, 0.3) is 0 Å². The van der Waals surface area contributed by atoms with Gasteiger partial charge in [0.05, 0.1) is 6.20 Å². The first-order valence-electron chi connectivity index (χ1n) is 5.65. The Morgan fingerprint density at radius 2 is 2.44 bits per heavy atom. The summed E-state index contributed by atoms with van der Waals surface area (Å²) in [6.45, 7) is 6.42. The van der Waals surface area contributed by atoms with E-state index in [1.54, 1.807) is 6.20 Å². The Morgan fingerprint density at radius 3 is 2.94 bits per heavy atom. The molecule has 0 radical (unpaired) electrons. The smallest absolute Gasteiger partial charge is 0.223 e. The maximum atomic E-state index is 11.8. The van der Waals surface area contributed by atoms with Crippen molar-refractivity contribution < 1.29 is 4.79 Å². The molecule has 0 aromatic carbocycles. The van der Waals surface area contributed by atoms with Crippen LogP contribution < -0.4 is 10.6 Å². The van der Waals surface area contributed by atoms with Crippen molar-refractivity contribution in [3.05, 3.63) is 17.5 Å². The highest BCUT2D eigenvalue weighted by molar-refractivity contribution is 5.78. The van der Waals surface area contributed by atoms with Gasteiger partial charge in [-0.15, -0.1) is 0 Å². The number of carbonyl (C=O) groups excluding carboxylic acids is 1. The third-order valence-electron chi connectivity index (χ3n) is 3.32. The average molecular weight is 222 g/mol. The molecule has 1 aliphatic rings. The highest BCUT2D eigenvalue weighted by atomic mass is 16.1. The molecule has 1 saturated heterocycles. The van der Waals surface area contributed by atoms with Gasteiger partial charge < -0.3 is 10.6 Å². The fourth-order valence-corrected chi connectivity index (χ4v) is 1.78. The predicted molar refractivity (Wildman–Crippen MR) is 60.7 cm³/mol. The number of aryl methyl sites for hydroxylation is 1. The SMILES string of the molecule is Cc1[nH]ncc1CNC(=O)C(C)C1CNC1. The Labute approximate surface area is 95.0 Å². The molecule has 1 aromatic rings. The lowest BCUT2D eigenvalue weighted by Crippen LogP contribution is -2.49. The van der Waals surface area contributed by atoms with Gasteiger partial charge in [-0.3, -0.25) is 9.89 Å². The minimum absolute atomic E-state index is 0.0912. The molecule has 1 aromatic heterocycles. The summed E-state index contributed by atoms with van der Waals surface area (Å²) in [5, 5.41) is 12.9. The molecule has 16 heavy (non-hydrogen) atoms. The summed E-state index contributed by atoms with van der Waals surface area (Å²) < 4.78 is 0. The molecular formula is C11H18N4O. The van der Waals surface area contributed by atoms with E-state index in [1.807, 2.05) is 13.8 Å². The van der Waals surface area contributed by atoms with Crippen LogP contribution in [0.25, 0.3) is 0 Å². The summed E-state index contributed by atoms with van der Waals surface area (Å²) in [6.07, 6.45) is 1.76. The van der Waals surface area contributed by atoms with Crippen molar-refractivity contribution in [1.29, 1.82) is 0 Å². The summed E-state index contributed by atoms with van der Waals surface area (Å²) in [6, 6.07) is 0. The second kappa shape index (κ2) is 4.65. The molecule has 1 unspecified atom stereocenters. The van der Waals surface area contributed by atoms with Crippen LogP contribution in [0.1, 0.15) is 18.2 Å². The maximum absolute atomic E-state index is 11.8. The second-order valence-electron chi connectivity index (χ2n) is 4.45. The minimum Gasteiger partial charge on any atom is -0.352 e. The number of rotatable bonds is 4. The van der Waals surface area contributed by atoms with E-state index in [0.717, 1.165) is 24.3 Å². The summed E-state index contributed by atoms with van der Waals surface area (Å²) >= 11 is 0. The van der Waals surface area contributed by atoms with Crippen molar-refractivity contribution in [1.82, 2.24) is 20.8 Å². The van der Waals surface area contributed by atoms with Crippen LogP contribution in [-0.4, -0.2) is 29.2 Å². The summed E-state index contributed by atoms with van der Waals surface area (Å²) in [7, 11) is 0. The number of H-pyrrole nitrogens is 1. The summed E-state index contributed by atoms with van der Waals surface area (Å²) in [5.41, 5.74) is 2.06. The zero-order chi connectivity index (χ0) is 11.5. The van der Waals surface area contributed by atoms with Crippen LogP contribution in [0.4, 0.5) is 0 Å². The van der Waals surface area contributed by atoms with E-state index in [0.29, 0.717) is 12.5 Å².